The Balaban J connectivity index is 1.92. The smallest absolute Gasteiger partial charge is 0.244 e. The molecule has 7 nitrogen and oxygen atoms in total. The van der Waals surface area contributed by atoms with Crippen molar-refractivity contribution in [3.8, 4) is 0 Å². The summed E-state index contributed by atoms with van der Waals surface area (Å²) in [4.78, 5) is 28.2. The van der Waals surface area contributed by atoms with Gasteiger partial charge in [-0.3, -0.25) is 13.9 Å². The minimum Gasteiger partial charge on any atom is -0.352 e. The summed E-state index contributed by atoms with van der Waals surface area (Å²) in [6.45, 7) is 3.15. The van der Waals surface area contributed by atoms with Gasteiger partial charge in [-0.15, -0.1) is 0 Å². The topological polar surface area (TPSA) is 86.8 Å². The summed E-state index contributed by atoms with van der Waals surface area (Å²) < 4.78 is 53.2. The first-order chi connectivity index (χ1) is 17.0. The predicted octanol–water partition coefficient (Wildman–Crippen LogP) is 3.91. The van der Waals surface area contributed by atoms with Crippen molar-refractivity contribution in [2.45, 2.75) is 64.6 Å². The molecule has 3 rings (SSSR count). The molecular weight excluding hydrogens is 488 g/mol. The molecule has 0 aliphatic heterocycles. The lowest BCUT2D eigenvalue weighted by atomic mass is 10.1. The van der Waals surface area contributed by atoms with Crippen LogP contribution in [0.1, 0.15) is 50.2 Å². The standard InChI is InChI=1S/C26H33F2N3O4S/c1-4-24(26(33)29-20-7-5-6-8-20)30(16-19-11-9-18(2)10-12-19)25(32)17-31(36(3,34)35)21-13-14-22(27)23(28)15-21/h9-15,20,24H,4-8,16-17H2,1-3H3,(H,29,33)/t24-/m1/s1. The Morgan fingerprint density at radius 2 is 1.69 bits per heavy atom. The summed E-state index contributed by atoms with van der Waals surface area (Å²) in [5.74, 6) is -3.27. The number of aryl methyl sites for hydroxylation is 1. The second-order valence-corrected chi connectivity index (χ2v) is 11.2. The Bertz CT molecular complexity index is 1180. The molecule has 0 aromatic heterocycles. The van der Waals surface area contributed by atoms with E-state index in [0.29, 0.717) is 6.42 Å². The number of carbonyl (C=O) groups is 2. The van der Waals surface area contributed by atoms with Gasteiger partial charge in [-0.05, 0) is 43.9 Å². The molecule has 1 aliphatic carbocycles. The van der Waals surface area contributed by atoms with Crippen LogP contribution in [-0.2, 0) is 26.2 Å². The zero-order chi connectivity index (χ0) is 26.5. The van der Waals surface area contributed by atoms with E-state index < -0.39 is 40.2 Å². The second kappa shape index (κ2) is 11.8. The summed E-state index contributed by atoms with van der Waals surface area (Å²) in [6.07, 6.45) is 5.03. The normalized spacial score (nSPS) is 14.9. The van der Waals surface area contributed by atoms with E-state index in [1.165, 1.54) is 4.90 Å². The lowest BCUT2D eigenvalue weighted by Crippen LogP contribution is -2.53. The fraction of sp³-hybridized carbons (Fsp3) is 0.462. The molecule has 0 bridgehead atoms. The Kier molecular flexibility index (Phi) is 9.05. The fourth-order valence-corrected chi connectivity index (χ4v) is 5.27. The van der Waals surface area contributed by atoms with E-state index in [2.05, 4.69) is 5.32 Å². The summed E-state index contributed by atoms with van der Waals surface area (Å²) >= 11 is 0. The second-order valence-electron chi connectivity index (χ2n) is 9.29. The first-order valence-electron chi connectivity index (χ1n) is 12.1. The SMILES string of the molecule is CC[C@H](C(=O)NC1CCCC1)N(Cc1ccc(C)cc1)C(=O)CN(c1ccc(F)c(F)c1)S(C)(=O)=O. The Labute approximate surface area is 211 Å². The van der Waals surface area contributed by atoms with E-state index in [9.17, 15) is 26.8 Å². The molecule has 0 spiro atoms. The van der Waals surface area contributed by atoms with Gasteiger partial charge in [-0.25, -0.2) is 17.2 Å². The Morgan fingerprint density at radius 1 is 1.06 bits per heavy atom. The number of sulfonamides is 1. The quantitative estimate of drug-likeness (QED) is 0.514. The van der Waals surface area contributed by atoms with E-state index in [1.807, 2.05) is 31.2 Å². The number of amides is 2. The van der Waals surface area contributed by atoms with Crippen LogP contribution in [-0.4, -0.2) is 50.0 Å². The molecule has 0 unspecified atom stereocenters. The average molecular weight is 522 g/mol. The highest BCUT2D eigenvalue weighted by atomic mass is 32.2. The molecule has 1 N–H and O–H groups in total. The van der Waals surface area contributed by atoms with Crippen LogP contribution in [0.5, 0.6) is 0 Å². The van der Waals surface area contributed by atoms with Gasteiger partial charge in [0.25, 0.3) is 0 Å². The highest BCUT2D eigenvalue weighted by molar-refractivity contribution is 7.92. The van der Waals surface area contributed by atoms with Gasteiger partial charge >= 0.3 is 0 Å². The zero-order valence-electron chi connectivity index (χ0n) is 20.8. The third kappa shape index (κ3) is 7.02. The minimum absolute atomic E-state index is 0.0533. The van der Waals surface area contributed by atoms with Gasteiger partial charge in [0.2, 0.25) is 21.8 Å². The van der Waals surface area contributed by atoms with Crippen LogP contribution < -0.4 is 9.62 Å². The first kappa shape index (κ1) is 27.6. The van der Waals surface area contributed by atoms with Gasteiger partial charge in [-0.2, -0.15) is 0 Å². The van der Waals surface area contributed by atoms with E-state index >= 15 is 0 Å². The van der Waals surface area contributed by atoms with Crippen molar-refractivity contribution in [3.63, 3.8) is 0 Å². The monoisotopic (exact) mass is 521 g/mol. The summed E-state index contributed by atoms with van der Waals surface area (Å²) in [5.41, 5.74) is 1.63. The number of nitrogens with one attached hydrogen (secondary N) is 1. The fourth-order valence-electron chi connectivity index (χ4n) is 4.43. The lowest BCUT2D eigenvalue weighted by Gasteiger charge is -2.33. The molecule has 1 atom stereocenters. The molecule has 196 valence electrons. The van der Waals surface area contributed by atoms with Crippen LogP contribution in [0.15, 0.2) is 42.5 Å². The van der Waals surface area contributed by atoms with Crippen molar-refractivity contribution in [1.82, 2.24) is 10.2 Å². The molecule has 1 saturated carbocycles. The number of nitrogens with zero attached hydrogens (tertiary/aromatic N) is 2. The molecule has 1 fully saturated rings. The van der Waals surface area contributed by atoms with Crippen LogP contribution >= 0.6 is 0 Å². The molecule has 36 heavy (non-hydrogen) atoms. The maximum atomic E-state index is 13.9. The number of carbonyl (C=O) groups excluding carboxylic acids is 2. The molecule has 2 aromatic rings. The third-order valence-electron chi connectivity index (χ3n) is 6.43. The molecule has 1 aliphatic rings. The van der Waals surface area contributed by atoms with Gasteiger partial charge < -0.3 is 10.2 Å². The number of halogens is 2. The number of hydrogen-bond donors (Lipinski definition) is 1. The van der Waals surface area contributed by atoms with Crippen molar-refractivity contribution in [1.29, 1.82) is 0 Å². The van der Waals surface area contributed by atoms with Gasteiger partial charge in [0.15, 0.2) is 11.6 Å². The van der Waals surface area contributed by atoms with Crippen molar-refractivity contribution in [2.75, 3.05) is 17.1 Å². The lowest BCUT2D eigenvalue weighted by molar-refractivity contribution is -0.140. The molecule has 2 amide bonds. The van der Waals surface area contributed by atoms with Crippen LogP contribution in [0.2, 0.25) is 0 Å². The largest absolute Gasteiger partial charge is 0.352 e. The molecule has 0 saturated heterocycles. The predicted molar refractivity (Wildman–Crippen MR) is 135 cm³/mol. The number of rotatable bonds is 10. The molecule has 10 heteroatoms. The van der Waals surface area contributed by atoms with Gasteiger partial charge in [-0.1, -0.05) is 49.6 Å². The summed E-state index contributed by atoms with van der Waals surface area (Å²) in [7, 11) is -4.03. The molecule has 0 radical (unpaired) electrons. The minimum atomic E-state index is -4.03. The maximum absolute atomic E-state index is 13.9. The summed E-state index contributed by atoms with van der Waals surface area (Å²) in [5, 5.41) is 3.03. The van der Waals surface area contributed by atoms with Gasteiger partial charge in [0, 0.05) is 18.7 Å². The Morgan fingerprint density at radius 3 is 2.25 bits per heavy atom. The first-order valence-corrected chi connectivity index (χ1v) is 13.9. The number of anilines is 1. The molecule has 2 aromatic carbocycles. The van der Waals surface area contributed by atoms with E-state index in [-0.39, 0.29) is 24.2 Å². The van der Waals surface area contributed by atoms with Crippen LogP contribution in [0, 0.1) is 18.6 Å². The average Bonchev–Trinajstić information content (AvgIpc) is 3.32. The van der Waals surface area contributed by atoms with Crippen LogP contribution in [0.4, 0.5) is 14.5 Å². The van der Waals surface area contributed by atoms with E-state index in [0.717, 1.165) is 65.6 Å². The number of hydrogen-bond acceptors (Lipinski definition) is 4. The molecule has 0 heterocycles. The highest BCUT2D eigenvalue weighted by Gasteiger charge is 2.33. The third-order valence-corrected chi connectivity index (χ3v) is 7.57. The van der Waals surface area contributed by atoms with Crippen LogP contribution in [0.25, 0.3) is 0 Å². The van der Waals surface area contributed by atoms with Crippen LogP contribution in [0.3, 0.4) is 0 Å². The van der Waals surface area contributed by atoms with Crippen molar-refractivity contribution >= 4 is 27.5 Å². The van der Waals surface area contributed by atoms with E-state index in [1.54, 1.807) is 6.92 Å². The highest BCUT2D eigenvalue weighted by Crippen LogP contribution is 2.23. The van der Waals surface area contributed by atoms with Crippen molar-refractivity contribution in [2.24, 2.45) is 0 Å². The zero-order valence-corrected chi connectivity index (χ0v) is 21.7. The van der Waals surface area contributed by atoms with E-state index in [4.69, 9.17) is 0 Å². The van der Waals surface area contributed by atoms with Crippen molar-refractivity contribution < 1.29 is 26.8 Å². The Hall–Kier alpha value is -3.01. The van der Waals surface area contributed by atoms with Crippen molar-refractivity contribution in [3.05, 3.63) is 65.2 Å². The van der Waals surface area contributed by atoms with Gasteiger partial charge in [0.05, 0.1) is 11.9 Å². The summed E-state index contributed by atoms with van der Waals surface area (Å²) in [6, 6.07) is 9.34. The van der Waals surface area contributed by atoms with Gasteiger partial charge in [0.1, 0.15) is 12.6 Å². The molecular formula is C26H33F2N3O4S. The maximum Gasteiger partial charge on any atom is 0.244 e. The number of benzene rings is 2.